The summed E-state index contributed by atoms with van der Waals surface area (Å²) in [5.41, 5.74) is 3.82. The Morgan fingerprint density at radius 2 is 1.86 bits per heavy atom. The number of aromatic nitrogens is 2. The Morgan fingerprint density at radius 1 is 1.14 bits per heavy atom. The van der Waals surface area contributed by atoms with E-state index in [1.165, 1.54) is 36.8 Å². The van der Waals surface area contributed by atoms with Crippen molar-refractivity contribution >= 4 is 12.4 Å². The summed E-state index contributed by atoms with van der Waals surface area (Å²) in [7, 11) is 0. The minimum absolute atomic E-state index is 0. The molecule has 1 aromatic carbocycles. The van der Waals surface area contributed by atoms with Crippen LogP contribution in [0, 0.1) is 6.92 Å². The van der Waals surface area contributed by atoms with Crippen LogP contribution in [0.25, 0.3) is 0 Å². The molecule has 4 heteroatoms. The molecule has 114 valence electrons. The molecule has 0 atom stereocenters. The third kappa shape index (κ3) is 4.08. The maximum absolute atomic E-state index is 4.69. The first-order chi connectivity index (χ1) is 9.83. The maximum atomic E-state index is 4.69. The molecule has 0 spiro atoms. The van der Waals surface area contributed by atoms with Gasteiger partial charge in [0.25, 0.3) is 0 Å². The number of nitrogens with zero attached hydrogens (tertiary/aromatic N) is 2. The van der Waals surface area contributed by atoms with E-state index in [1.807, 2.05) is 0 Å². The van der Waals surface area contributed by atoms with Gasteiger partial charge in [0.2, 0.25) is 0 Å². The van der Waals surface area contributed by atoms with Crippen LogP contribution in [0.2, 0.25) is 0 Å². The first-order valence-corrected chi connectivity index (χ1v) is 7.62. The first-order valence-electron chi connectivity index (χ1n) is 7.62. The lowest BCUT2D eigenvalue weighted by atomic mass is 10.2. The fourth-order valence-corrected chi connectivity index (χ4v) is 2.99. The van der Waals surface area contributed by atoms with Gasteiger partial charge < -0.3 is 5.32 Å². The van der Waals surface area contributed by atoms with E-state index in [9.17, 15) is 0 Å². The second-order valence-electron chi connectivity index (χ2n) is 5.75. The summed E-state index contributed by atoms with van der Waals surface area (Å²) < 4.78 is 2.20. The van der Waals surface area contributed by atoms with Crippen LogP contribution in [0.4, 0.5) is 0 Å². The van der Waals surface area contributed by atoms with Crippen molar-refractivity contribution in [1.29, 1.82) is 0 Å². The predicted molar refractivity (Wildman–Crippen MR) is 88.7 cm³/mol. The Bertz CT molecular complexity index is 544. The number of hydrogen-bond donors (Lipinski definition) is 1. The van der Waals surface area contributed by atoms with Crippen molar-refractivity contribution in [3.8, 4) is 0 Å². The fraction of sp³-hybridized carbons (Fsp3) is 0.471. The van der Waals surface area contributed by atoms with Crippen LogP contribution in [-0.2, 0) is 13.1 Å². The highest BCUT2D eigenvalue weighted by atomic mass is 35.5. The van der Waals surface area contributed by atoms with Gasteiger partial charge in [-0.25, -0.2) is 0 Å². The summed E-state index contributed by atoms with van der Waals surface area (Å²) in [6, 6.07) is 11.2. The number of rotatable bonds is 5. The maximum Gasteiger partial charge on any atom is 0.0638 e. The largest absolute Gasteiger partial charge is 0.308 e. The molecule has 0 bridgehead atoms. The molecule has 0 saturated heterocycles. The van der Waals surface area contributed by atoms with Crippen molar-refractivity contribution in [2.24, 2.45) is 0 Å². The van der Waals surface area contributed by atoms with Gasteiger partial charge in [-0.05, 0) is 25.3 Å². The molecule has 0 radical (unpaired) electrons. The normalized spacial score (nSPS) is 15.1. The second kappa shape index (κ2) is 7.62. The second-order valence-corrected chi connectivity index (χ2v) is 5.75. The molecule has 21 heavy (non-hydrogen) atoms. The smallest absolute Gasteiger partial charge is 0.0638 e. The Hall–Kier alpha value is -1.32. The van der Waals surface area contributed by atoms with Gasteiger partial charge in [-0.3, -0.25) is 4.68 Å². The highest BCUT2D eigenvalue weighted by Crippen LogP contribution is 2.29. The van der Waals surface area contributed by atoms with Gasteiger partial charge in [-0.1, -0.05) is 43.2 Å². The van der Waals surface area contributed by atoms with E-state index in [0.29, 0.717) is 6.04 Å². The Balaban J connectivity index is 0.00000161. The number of benzene rings is 1. The van der Waals surface area contributed by atoms with Gasteiger partial charge in [0.05, 0.1) is 11.7 Å². The third-order valence-electron chi connectivity index (χ3n) is 4.20. The molecule has 1 saturated carbocycles. The molecule has 3 nitrogen and oxygen atoms in total. The van der Waals surface area contributed by atoms with Crippen LogP contribution >= 0.6 is 12.4 Å². The molecule has 0 amide bonds. The van der Waals surface area contributed by atoms with Crippen molar-refractivity contribution in [3.63, 3.8) is 0 Å². The van der Waals surface area contributed by atoms with E-state index in [4.69, 9.17) is 5.10 Å². The molecule has 1 aliphatic rings. The molecule has 3 rings (SSSR count). The Kier molecular flexibility index (Phi) is 5.83. The van der Waals surface area contributed by atoms with Crippen LogP contribution < -0.4 is 5.32 Å². The fourth-order valence-electron chi connectivity index (χ4n) is 2.99. The molecule has 1 aliphatic carbocycles. The van der Waals surface area contributed by atoms with Crippen LogP contribution in [0.5, 0.6) is 0 Å². The molecule has 0 aliphatic heterocycles. The van der Waals surface area contributed by atoms with Crippen LogP contribution in [-0.4, -0.2) is 9.78 Å². The van der Waals surface area contributed by atoms with E-state index in [0.717, 1.165) is 18.8 Å². The monoisotopic (exact) mass is 305 g/mol. The van der Waals surface area contributed by atoms with Gasteiger partial charge >= 0.3 is 0 Å². The van der Waals surface area contributed by atoms with Crippen LogP contribution in [0.1, 0.15) is 48.5 Å². The molecule has 1 heterocycles. The van der Waals surface area contributed by atoms with Gasteiger partial charge in [-0.2, -0.15) is 5.10 Å². The minimum atomic E-state index is 0. The molecule has 2 aromatic rings. The van der Waals surface area contributed by atoms with Crippen LogP contribution in [0.15, 0.2) is 36.5 Å². The number of hydrogen-bond acceptors (Lipinski definition) is 2. The number of nitrogens with one attached hydrogen (secondary N) is 1. The van der Waals surface area contributed by atoms with Gasteiger partial charge in [0.15, 0.2) is 0 Å². The highest BCUT2D eigenvalue weighted by molar-refractivity contribution is 5.85. The third-order valence-corrected chi connectivity index (χ3v) is 4.20. The SMILES string of the molecule is Cc1nn(C2CCCC2)cc1CNCc1ccccc1.Cl. The minimum Gasteiger partial charge on any atom is -0.308 e. The summed E-state index contributed by atoms with van der Waals surface area (Å²) in [5.74, 6) is 0. The van der Waals surface area contributed by atoms with E-state index in [1.54, 1.807) is 0 Å². The molecule has 1 N–H and O–H groups in total. The molecule has 1 fully saturated rings. The number of halogens is 1. The zero-order chi connectivity index (χ0) is 13.8. The zero-order valence-electron chi connectivity index (χ0n) is 12.6. The lowest BCUT2D eigenvalue weighted by Crippen LogP contribution is -2.12. The molecule has 0 unspecified atom stereocenters. The first kappa shape index (κ1) is 16.1. The molecule has 1 aromatic heterocycles. The average molecular weight is 306 g/mol. The zero-order valence-corrected chi connectivity index (χ0v) is 13.4. The standard InChI is InChI=1S/C17H23N3.ClH/c1-14-16(12-18-11-15-7-3-2-4-8-15)13-20(19-14)17-9-5-6-10-17;/h2-4,7-8,13,17-18H,5-6,9-12H2,1H3;1H. The van der Waals surface area contributed by atoms with Crippen LogP contribution in [0.3, 0.4) is 0 Å². The quantitative estimate of drug-likeness (QED) is 0.904. The van der Waals surface area contributed by atoms with E-state index < -0.39 is 0 Å². The van der Waals surface area contributed by atoms with Gasteiger partial charge in [-0.15, -0.1) is 12.4 Å². The van der Waals surface area contributed by atoms with E-state index >= 15 is 0 Å². The predicted octanol–water partition coefficient (Wildman–Crippen LogP) is 4.02. The van der Waals surface area contributed by atoms with E-state index in [-0.39, 0.29) is 12.4 Å². The molecular weight excluding hydrogens is 282 g/mol. The topological polar surface area (TPSA) is 29.9 Å². The highest BCUT2D eigenvalue weighted by Gasteiger charge is 2.18. The van der Waals surface area contributed by atoms with Gasteiger partial charge in [0.1, 0.15) is 0 Å². The van der Waals surface area contributed by atoms with Crippen molar-refractivity contribution in [2.75, 3.05) is 0 Å². The van der Waals surface area contributed by atoms with Crippen molar-refractivity contribution in [2.45, 2.75) is 51.7 Å². The summed E-state index contributed by atoms with van der Waals surface area (Å²) in [4.78, 5) is 0. The summed E-state index contributed by atoms with van der Waals surface area (Å²) in [5, 5.41) is 8.20. The van der Waals surface area contributed by atoms with Crippen molar-refractivity contribution < 1.29 is 0 Å². The Morgan fingerprint density at radius 3 is 2.57 bits per heavy atom. The summed E-state index contributed by atoms with van der Waals surface area (Å²) in [6.45, 7) is 3.92. The molecular formula is C17H24ClN3. The van der Waals surface area contributed by atoms with Crippen molar-refractivity contribution in [1.82, 2.24) is 15.1 Å². The lowest BCUT2D eigenvalue weighted by Gasteiger charge is -2.08. The summed E-state index contributed by atoms with van der Waals surface area (Å²) >= 11 is 0. The van der Waals surface area contributed by atoms with Gasteiger partial charge in [0, 0.05) is 24.8 Å². The lowest BCUT2D eigenvalue weighted by molar-refractivity contribution is 0.464. The van der Waals surface area contributed by atoms with E-state index in [2.05, 4.69) is 53.5 Å². The van der Waals surface area contributed by atoms with Crippen molar-refractivity contribution in [3.05, 3.63) is 53.3 Å². The average Bonchev–Trinajstić information content (AvgIpc) is 3.10. The Labute approximate surface area is 133 Å². The number of aryl methyl sites for hydroxylation is 1. The summed E-state index contributed by atoms with van der Waals surface area (Å²) in [6.07, 6.45) is 7.52.